The maximum absolute atomic E-state index is 11.2. The zero-order valence-corrected chi connectivity index (χ0v) is 10.1. The van der Waals surface area contributed by atoms with Crippen LogP contribution in [-0.2, 0) is 4.79 Å². The summed E-state index contributed by atoms with van der Waals surface area (Å²) < 4.78 is 5.35. The molecule has 86 valence electrons. The molecule has 0 radical (unpaired) electrons. The lowest BCUT2D eigenvalue weighted by atomic mass is 10.1. The average molecular weight is 238 g/mol. The zero-order valence-electron chi connectivity index (χ0n) is 9.24. The number of carbonyl (C=O) groups excluding carboxylic acids is 1. The topological polar surface area (TPSA) is 64.3 Å². The van der Waals surface area contributed by atoms with Crippen LogP contribution in [0.4, 0.5) is 0 Å². The third-order valence-electron chi connectivity index (χ3n) is 1.97. The van der Waals surface area contributed by atoms with E-state index in [9.17, 15) is 4.79 Å². The van der Waals surface area contributed by atoms with E-state index in [1.807, 2.05) is 32.0 Å². The average Bonchev–Trinajstić information content (AvgIpc) is 2.18. The Bertz CT molecular complexity index is 418. The summed E-state index contributed by atoms with van der Waals surface area (Å²) in [6, 6.07) is 5.80. The Balaban J connectivity index is 2.57. The van der Waals surface area contributed by atoms with Gasteiger partial charge in [-0.15, -0.1) is 0 Å². The number of amides is 1. The molecule has 0 unspecified atom stereocenters. The van der Waals surface area contributed by atoms with Crippen molar-refractivity contribution in [3.63, 3.8) is 0 Å². The highest BCUT2D eigenvalue weighted by atomic mass is 32.1. The van der Waals surface area contributed by atoms with Crippen LogP contribution in [0, 0.1) is 13.8 Å². The first kappa shape index (κ1) is 12.4. The molecular formula is C11H14N2O2S. The number of ether oxygens (including phenoxy) is 1. The molecule has 0 heterocycles. The molecule has 0 spiro atoms. The van der Waals surface area contributed by atoms with Gasteiger partial charge in [0.2, 0.25) is 0 Å². The molecule has 0 saturated heterocycles. The third-order valence-corrected chi connectivity index (χ3v) is 2.07. The second kappa shape index (κ2) is 5.46. The number of hydrogen-bond donors (Lipinski definition) is 2. The fraction of sp³-hybridized carbons (Fsp3) is 0.273. The summed E-state index contributed by atoms with van der Waals surface area (Å²) in [5.74, 6) is 0.339. The largest absolute Gasteiger partial charge is 0.483 e. The van der Waals surface area contributed by atoms with E-state index in [0.717, 1.165) is 11.1 Å². The quantitative estimate of drug-likeness (QED) is 0.772. The molecule has 0 bridgehead atoms. The van der Waals surface area contributed by atoms with Gasteiger partial charge >= 0.3 is 0 Å². The van der Waals surface area contributed by atoms with E-state index >= 15 is 0 Å². The van der Waals surface area contributed by atoms with E-state index in [4.69, 9.17) is 10.5 Å². The molecule has 1 rings (SSSR count). The standard InChI is InChI=1S/C11H14N2O2S/c1-7-3-4-8(2)9(5-7)15-6-10(14)13-11(12)16/h3-5H,6H2,1-2H3,(H3,12,13,14,16). The summed E-state index contributed by atoms with van der Waals surface area (Å²) in [5, 5.41) is 2.25. The number of thiocarbonyl (C=S) groups is 1. The first-order valence-electron chi connectivity index (χ1n) is 4.78. The van der Waals surface area contributed by atoms with Crippen LogP contribution in [0.5, 0.6) is 5.75 Å². The zero-order chi connectivity index (χ0) is 12.1. The lowest BCUT2D eigenvalue weighted by molar-refractivity contribution is -0.121. The molecule has 1 aromatic rings. The smallest absolute Gasteiger partial charge is 0.264 e. The number of nitrogens with one attached hydrogen (secondary N) is 1. The minimum absolute atomic E-state index is 0.0467. The van der Waals surface area contributed by atoms with Crippen molar-refractivity contribution in [3.8, 4) is 5.75 Å². The molecule has 0 aliphatic carbocycles. The van der Waals surface area contributed by atoms with Crippen LogP contribution in [0.3, 0.4) is 0 Å². The molecule has 0 aliphatic heterocycles. The van der Waals surface area contributed by atoms with Gasteiger partial charge in [0.15, 0.2) is 11.7 Å². The van der Waals surface area contributed by atoms with E-state index in [0.29, 0.717) is 5.75 Å². The highest BCUT2D eigenvalue weighted by Gasteiger charge is 2.05. The molecule has 3 N–H and O–H groups in total. The predicted molar refractivity (Wildman–Crippen MR) is 66.3 cm³/mol. The van der Waals surface area contributed by atoms with Crippen LogP contribution < -0.4 is 15.8 Å². The van der Waals surface area contributed by atoms with E-state index in [1.54, 1.807) is 0 Å². The van der Waals surface area contributed by atoms with Crippen LogP contribution in [0.25, 0.3) is 0 Å². The second-order valence-corrected chi connectivity index (χ2v) is 3.91. The van der Waals surface area contributed by atoms with Crippen molar-refractivity contribution in [3.05, 3.63) is 29.3 Å². The van der Waals surface area contributed by atoms with Gasteiger partial charge in [-0.1, -0.05) is 12.1 Å². The Kier molecular flexibility index (Phi) is 4.25. The van der Waals surface area contributed by atoms with Gasteiger partial charge in [-0.2, -0.15) is 0 Å². The Hall–Kier alpha value is -1.62. The van der Waals surface area contributed by atoms with E-state index in [-0.39, 0.29) is 17.6 Å². The molecule has 16 heavy (non-hydrogen) atoms. The molecule has 0 aliphatic rings. The normalized spacial score (nSPS) is 9.62. The lowest BCUT2D eigenvalue weighted by Gasteiger charge is -2.09. The summed E-state index contributed by atoms with van der Waals surface area (Å²) >= 11 is 4.54. The SMILES string of the molecule is Cc1ccc(C)c(OCC(=O)NC(N)=S)c1. The van der Waals surface area contributed by atoms with E-state index in [2.05, 4.69) is 17.5 Å². The van der Waals surface area contributed by atoms with Crippen LogP contribution in [-0.4, -0.2) is 17.6 Å². The van der Waals surface area contributed by atoms with Crippen LogP contribution in [0.2, 0.25) is 0 Å². The number of hydrogen-bond acceptors (Lipinski definition) is 3. The summed E-state index contributed by atoms with van der Waals surface area (Å²) in [7, 11) is 0. The molecule has 1 amide bonds. The first-order valence-corrected chi connectivity index (χ1v) is 5.19. The van der Waals surface area contributed by atoms with Crippen LogP contribution >= 0.6 is 12.2 Å². The van der Waals surface area contributed by atoms with Crippen molar-refractivity contribution in [2.45, 2.75) is 13.8 Å². The Morgan fingerprint density at radius 3 is 2.81 bits per heavy atom. The van der Waals surface area contributed by atoms with Gasteiger partial charge in [0, 0.05) is 0 Å². The molecule has 0 atom stereocenters. The van der Waals surface area contributed by atoms with Gasteiger partial charge in [0.05, 0.1) is 0 Å². The van der Waals surface area contributed by atoms with Crippen molar-refractivity contribution in [2.24, 2.45) is 5.73 Å². The van der Waals surface area contributed by atoms with Crippen molar-refractivity contribution in [1.82, 2.24) is 5.32 Å². The van der Waals surface area contributed by atoms with Crippen molar-refractivity contribution < 1.29 is 9.53 Å². The van der Waals surface area contributed by atoms with Gasteiger partial charge < -0.3 is 15.8 Å². The van der Waals surface area contributed by atoms with Crippen LogP contribution in [0.15, 0.2) is 18.2 Å². The molecule has 5 heteroatoms. The molecule has 4 nitrogen and oxygen atoms in total. The number of nitrogens with two attached hydrogens (primary N) is 1. The molecule has 0 saturated carbocycles. The predicted octanol–water partition coefficient (Wildman–Crippen LogP) is 1.04. The number of carbonyl (C=O) groups is 1. The molecule has 0 fully saturated rings. The van der Waals surface area contributed by atoms with Gasteiger partial charge in [0.25, 0.3) is 5.91 Å². The fourth-order valence-electron chi connectivity index (χ4n) is 1.18. The fourth-order valence-corrected chi connectivity index (χ4v) is 1.29. The maximum Gasteiger partial charge on any atom is 0.264 e. The molecule has 1 aromatic carbocycles. The Morgan fingerprint density at radius 1 is 1.50 bits per heavy atom. The van der Waals surface area contributed by atoms with Crippen LogP contribution in [0.1, 0.15) is 11.1 Å². The number of rotatable bonds is 3. The number of aryl methyl sites for hydroxylation is 2. The maximum atomic E-state index is 11.2. The number of benzene rings is 1. The minimum atomic E-state index is -0.353. The van der Waals surface area contributed by atoms with Gasteiger partial charge in [-0.05, 0) is 43.3 Å². The third kappa shape index (κ3) is 3.86. The highest BCUT2D eigenvalue weighted by Crippen LogP contribution is 2.18. The van der Waals surface area contributed by atoms with Crippen molar-refractivity contribution in [1.29, 1.82) is 0 Å². The molecule has 0 aromatic heterocycles. The summed E-state index contributed by atoms with van der Waals surface area (Å²) in [4.78, 5) is 11.2. The second-order valence-electron chi connectivity index (χ2n) is 3.47. The van der Waals surface area contributed by atoms with Gasteiger partial charge in [-0.3, -0.25) is 4.79 Å². The van der Waals surface area contributed by atoms with Gasteiger partial charge in [-0.25, -0.2) is 0 Å². The summed E-state index contributed by atoms with van der Waals surface area (Å²) in [6.07, 6.45) is 0. The Morgan fingerprint density at radius 2 is 2.19 bits per heavy atom. The summed E-state index contributed by atoms with van der Waals surface area (Å²) in [6.45, 7) is 3.78. The highest BCUT2D eigenvalue weighted by molar-refractivity contribution is 7.80. The minimum Gasteiger partial charge on any atom is -0.483 e. The summed E-state index contributed by atoms with van der Waals surface area (Å²) in [5.41, 5.74) is 7.22. The van der Waals surface area contributed by atoms with E-state index < -0.39 is 0 Å². The van der Waals surface area contributed by atoms with Gasteiger partial charge in [0.1, 0.15) is 5.75 Å². The first-order chi connectivity index (χ1) is 7.49. The van der Waals surface area contributed by atoms with E-state index in [1.165, 1.54) is 0 Å². The van der Waals surface area contributed by atoms with Crippen molar-refractivity contribution in [2.75, 3.05) is 6.61 Å². The lowest BCUT2D eigenvalue weighted by Crippen LogP contribution is -2.37. The Labute approximate surface area is 99.8 Å². The monoisotopic (exact) mass is 238 g/mol. The van der Waals surface area contributed by atoms with Crippen molar-refractivity contribution >= 4 is 23.2 Å². The molecular weight excluding hydrogens is 224 g/mol.